The quantitative estimate of drug-likeness (QED) is 0.445. The van der Waals surface area contributed by atoms with E-state index >= 15 is 0 Å². The van der Waals surface area contributed by atoms with Crippen LogP contribution in [0.5, 0.6) is 0 Å². The van der Waals surface area contributed by atoms with Crippen LogP contribution in [0.1, 0.15) is 6.92 Å². The summed E-state index contributed by atoms with van der Waals surface area (Å²) in [5.41, 5.74) is 0. The van der Waals surface area contributed by atoms with Gasteiger partial charge in [0, 0.05) is 6.54 Å². The van der Waals surface area contributed by atoms with Gasteiger partial charge in [0.1, 0.15) is 6.61 Å². The van der Waals surface area contributed by atoms with E-state index in [1.807, 2.05) is 11.8 Å². The van der Waals surface area contributed by atoms with Crippen molar-refractivity contribution in [2.45, 2.75) is 30.2 Å². The summed E-state index contributed by atoms with van der Waals surface area (Å²) in [6.45, 7) is 3.36. The normalized spacial score (nSPS) is 43.8. The Bertz CT molecular complexity index is 212. The van der Waals surface area contributed by atoms with Crippen LogP contribution in [0.2, 0.25) is 0 Å². The Balaban J connectivity index is 2.21. The topological polar surface area (TPSA) is 52.9 Å². The van der Waals surface area contributed by atoms with Gasteiger partial charge in [-0.15, -0.1) is 11.6 Å². The molecule has 2 aliphatic heterocycles. The average molecular weight is 208 g/mol. The van der Waals surface area contributed by atoms with E-state index in [9.17, 15) is 10.2 Å². The maximum atomic E-state index is 9.61. The van der Waals surface area contributed by atoms with Gasteiger partial charge in [-0.1, -0.05) is 6.92 Å². The van der Waals surface area contributed by atoms with Crippen molar-refractivity contribution >= 4 is 11.6 Å². The van der Waals surface area contributed by atoms with Crippen molar-refractivity contribution in [3.05, 3.63) is 0 Å². The third-order valence-electron chi connectivity index (χ3n) is 2.84. The first kappa shape index (κ1) is 9.68. The fraction of sp³-hybridized carbons (Fsp3) is 1.00. The number of likely N-dealkylation sites (tertiary alicyclic amines) is 1. The highest BCUT2D eigenvalue weighted by Crippen LogP contribution is 2.36. The lowest BCUT2D eigenvalue weighted by Gasteiger charge is -2.28. The van der Waals surface area contributed by atoms with Gasteiger partial charge in [-0.3, -0.25) is 4.90 Å². The molecule has 0 aromatic carbocycles. The van der Waals surface area contributed by atoms with Gasteiger partial charge >= 0.3 is 0 Å². The molecule has 2 unspecified atom stereocenters. The minimum Gasteiger partial charge on any atom is -0.369 e. The molecule has 0 radical (unpaired) electrons. The summed E-state index contributed by atoms with van der Waals surface area (Å²) in [6.07, 6.45) is -0.239. The van der Waals surface area contributed by atoms with E-state index in [2.05, 4.69) is 0 Å². The molecule has 0 aliphatic carbocycles. The fourth-order valence-electron chi connectivity index (χ4n) is 2.23. The van der Waals surface area contributed by atoms with Crippen molar-refractivity contribution < 1.29 is 14.9 Å². The Kier molecular flexibility index (Phi) is 2.28. The largest absolute Gasteiger partial charge is 0.369 e. The van der Waals surface area contributed by atoms with E-state index in [1.165, 1.54) is 0 Å². The van der Waals surface area contributed by atoms with Crippen LogP contribution in [0.4, 0.5) is 0 Å². The summed E-state index contributed by atoms with van der Waals surface area (Å²) in [4.78, 5) is 1.95. The molecular formula is C8H14ClNO3. The minimum atomic E-state index is -1.73. The summed E-state index contributed by atoms with van der Waals surface area (Å²) < 4.78 is 5.26. The van der Waals surface area contributed by atoms with Crippen molar-refractivity contribution in [3.63, 3.8) is 0 Å². The minimum absolute atomic E-state index is 0.0396. The number of aliphatic hydroxyl groups is 2. The van der Waals surface area contributed by atoms with Crippen LogP contribution >= 0.6 is 11.6 Å². The highest BCUT2D eigenvalue weighted by atomic mass is 35.5. The first-order valence-electron chi connectivity index (χ1n) is 4.50. The van der Waals surface area contributed by atoms with E-state index in [0.717, 1.165) is 6.54 Å². The first-order chi connectivity index (χ1) is 6.06. The van der Waals surface area contributed by atoms with Gasteiger partial charge in [0.25, 0.3) is 0 Å². The van der Waals surface area contributed by atoms with Gasteiger partial charge < -0.3 is 14.9 Å². The number of rotatable bonds is 1. The van der Waals surface area contributed by atoms with Crippen LogP contribution < -0.4 is 0 Å². The number of hydrogen-bond acceptors (Lipinski definition) is 4. The van der Waals surface area contributed by atoms with Crippen LogP contribution in [0, 0.1) is 0 Å². The molecule has 2 rings (SSSR count). The van der Waals surface area contributed by atoms with Crippen LogP contribution in [0.3, 0.4) is 0 Å². The number of likely N-dealkylation sites (N-methyl/N-ethyl adjacent to an activating group) is 1. The van der Waals surface area contributed by atoms with Crippen molar-refractivity contribution in [1.29, 1.82) is 0 Å². The third-order valence-corrected chi connectivity index (χ3v) is 3.22. The second-order valence-corrected chi connectivity index (χ2v) is 4.26. The van der Waals surface area contributed by atoms with Gasteiger partial charge in [0.05, 0.1) is 17.5 Å². The van der Waals surface area contributed by atoms with Gasteiger partial charge in [-0.2, -0.15) is 0 Å². The third kappa shape index (κ3) is 1.37. The molecule has 76 valence electrons. The highest BCUT2D eigenvalue weighted by Gasteiger charge is 2.56. The van der Waals surface area contributed by atoms with E-state index in [4.69, 9.17) is 16.3 Å². The lowest BCUT2D eigenvalue weighted by atomic mass is 10.1. The van der Waals surface area contributed by atoms with E-state index in [0.29, 0.717) is 6.54 Å². The Morgan fingerprint density at radius 2 is 2.31 bits per heavy atom. The highest BCUT2D eigenvalue weighted by molar-refractivity contribution is 6.21. The molecule has 2 fully saturated rings. The van der Waals surface area contributed by atoms with Crippen molar-refractivity contribution in [2.75, 3.05) is 19.7 Å². The lowest BCUT2D eigenvalue weighted by molar-refractivity contribution is -0.186. The molecule has 2 heterocycles. The molecule has 13 heavy (non-hydrogen) atoms. The van der Waals surface area contributed by atoms with E-state index in [1.54, 1.807) is 0 Å². The molecule has 4 nitrogen and oxygen atoms in total. The zero-order valence-electron chi connectivity index (χ0n) is 7.48. The van der Waals surface area contributed by atoms with Gasteiger partial charge in [-0.05, 0) is 6.54 Å². The van der Waals surface area contributed by atoms with Gasteiger partial charge in [0.15, 0.2) is 0 Å². The summed E-state index contributed by atoms with van der Waals surface area (Å²) in [6, 6.07) is -0.361. The Hall–Kier alpha value is 0.130. The molecule has 0 aromatic rings. The fourth-order valence-corrected chi connectivity index (χ4v) is 2.62. The lowest BCUT2D eigenvalue weighted by Crippen LogP contribution is -2.50. The SMILES string of the molecule is CCN1C[C@@H](Cl)C2OCC(O)(O)C21. The maximum absolute atomic E-state index is 9.61. The number of hydrogen-bond donors (Lipinski definition) is 2. The van der Waals surface area contributed by atoms with Crippen LogP contribution in [0.15, 0.2) is 0 Å². The number of ether oxygens (including phenoxy) is 1. The molecule has 5 heteroatoms. The molecule has 0 bridgehead atoms. The number of alkyl halides is 1. The van der Waals surface area contributed by atoms with Crippen molar-refractivity contribution in [3.8, 4) is 0 Å². The monoisotopic (exact) mass is 207 g/mol. The second-order valence-electron chi connectivity index (χ2n) is 3.70. The van der Waals surface area contributed by atoms with Gasteiger partial charge in [-0.25, -0.2) is 0 Å². The van der Waals surface area contributed by atoms with Crippen molar-refractivity contribution in [2.24, 2.45) is 0 Å². The van der Waals surface area contributed by atoms with Crippen LogP contribution in [-0.2, 0) is 4.74 Å². The standard InChI is InChI=1S/C8H14ClNO3/c1-2-10-3-5(9)6-7(10)8(11,12)4-13-6/h5-7,11-12H,2-4H2,1H3/t5-,6?,7?/m1/s1. The molecule has 2 N–H and O–H groups in total. The predicted molar refractivity (Wildman–Crippen MR) is 47.6 cm³/mol. The molecular weight excluding hydrogens is 194 g/mol. The second kappa shape index (κ2) is 3.07. The summed E-state index contributed by atoms with van der Waals surface area (Å²) in [7, 11) is 0. The maximum Gasteiger partial charge on any atom is 0.205 e. The zero-order chi connectivity index (χ0) is 9.64. The summed E-state index contributed by atoms with van der Waals surface area (Å²) >= 11 is 6.03. The Morgan fingerprint density at radius 3 is 2.92 bits per heavy atom. The summed E-state index contributed by atoms with van der Waals surface area (Å²) in [5, 5.41) is 19.1. The molecule has 0 aromatic heterocycles. The molecule has 0 spiro atoms. The Morgan fingerprint density at radius 1 is 1.62 bits per heavy atom. The smallest absolute Gasteiger partial charge is 0.205 e. The Labute approximate surface area is 82.0 Å². The summed E-state index contributed by atoms with van der Waals surface area (Å²) in [5.74, 6) is -1.73. The van der Waals surface area contributed by atoms with E-state index in [-0.39, 0.29) is 24.1 Å². The number of nitrogens with zero attached hydrogens (tertiary/aromatic N) is 1. The van der Waals surface area contributed by atoms with Crippen LogP contribution in [0.25, 0.3) is 0 Å². The molecule has 2 aliphatic rings. The number of fused-ring (bicyclic) bond motifs is 1. The molecule has 2 saturated heterocycles. The average Bonchev–Trinajstić information content (AvgIpc) is 2.53. The zero-order valence-corrected chi connectivity index (χ0v) is 8.24. The molecule has 0 amide bonds. The predicted octanol–water partition coefficient (Wildman–Crippen LogP) is -0.622. The number of halogens is 1. The molecule has 0 saturated carbocycles. The van der Waals surface area contributed by atoms with E-state index < -0.39 is 5.79 Å². The van der Waals surface area contributed by atoms with Crippen LogP contribution in [-0.4, -0.2) is 58.1 Å². The molecule has 3 atom stereocenters. The first-order valence-corrected chi connectivity index (χ1v) is 4.94. The van der Waals surface area contributed by atoms with Crippen molar-refractivity contribution in [1.82, 2.24) is 4.90 Å². The van der Waals surface area contributed by atoms with Gasteiger partial charge in [0.2, 0.25) is 5.79 Å².